The molecule has 1 N–H and O–H groups in total. The van der Waals surface area contributed by atoms with Gasteiger partial charge in [0, 0.05) is 5.54 Å². The minimum absolute atomic E-state index is 0.114. The SMILES string of the molecule is Cc1ccc(CN(C)C(C)(C)CC(=O)O)o1. The predicted octanol–water partition coefficient (Wildman–Crippen LogP) is 2.27. The third-order valence-corrected chi connectivity index (χ3v) is 2.81. The van der Waals surface area contributed by atoms with Gasteiger partial charge in [0.15, 0.2) is 0 Å². The zero-order valence-corrected chi connectivity index (χ0v) is 10.3. The van der Waals surface area contributed by atoms with E-state index >= 15 is 0 Å². The first-order valence-corrected chi connectivity index (χ1v) is 5.29. The van der Waals surface area contributed by atoms with Crippen LogP contribution in [-0.4, -0.2) is 28.6 Å². The van der Waals surface area contributed by atoms with Gasteiger partial charge >= 0.3 is 5.97 Å². The lowest BCUT2D eigenvalue weighted by atomic mass is 9.99. The van der Waals surface area contributed by atoms with E-state index in [9.17, 15) is 4.79 Å². The number of aliphatic carboxylic acids is 1. The quantitative estimate of drug-likeness (QED) is 0.835. The first-order chi connectivity index (χ1) is 7.31. The van der Waals surface area contributed by atoms with Gasteiger partial charge in [0.05, 0.1) is 13.0 Å². The number of nitrogens with zero attached hydrogens (tertiary/aromatic N) is 1. The van der Waals surface area contributed by atoms with E-state index in [-0.39, 0.29) is 12.0 Å². The second-order valence-corrected chi connectivity index (χ2v) is 4.75. The highest BCUT2D eigenvalue weighted by Crippen LogP contribution is 2.20. The highest BCUT2D eigenvalue weighted by atomic mass is 16.4. The van der Waals surface area contributed by atoms with Crippen LogP contribution in [0.3, 0.4) is 0 Å². The summed E-state index contributed by atoms with van der Waals surface area (Å²) in [5.41, 5.74) is -0.382. The van der Waals surface area contributed by atoms with Gasteiger partial charge in [0.25, 0.3) is 0 Å². The Kier molecular flexibility index (Phi) is 3.75. The molecule has 0 aliphatic carbocycles. The number of carboxylic acids is 1. The molecule has 0 fully saturated rings. The van der Waals surface area contributed by atoms with E-state index in [4.69, 9.17) is 9.52 Å². The number of furan rings is 1. The zero-order chi connectivity index (χ0) is 12.3. The van der Waals surface area contributed by atoms with Gasteiger partial charge in [0.2, 0.25) is 0 Å². The van der Waals surface area contributed by atoms with Crippen molar-refractivity contribution in [1.82, 2.24) is 4.90 Å². The van der Waals surface area contributed by atoms with E-state index in [1.807, 2.05) is 44.9 Å². The van der Waals surface area contributed by atoms with Crippen molar-refractivity contribution in [2.24, 2.45) is 0 Å². The van der Waals surface area contributed by atoms with Crippen LogP contribution in [0.4, 0.5) is 0 Å². The Hall–Kier alpha value is -1.29. The molecular formula is C12H19NO3. The number of carbonyl (C=O) groups is 1. The molecule has 1 aromatic heterocycles. The topological polar surface area (TPSA) is 53.7 Å². The van der Waals surface area contributed by atoms with Crippen molar-refractivity contribution in [3.8, 4) is 0 Å². The van der Waals surface area contributed by atoms with Crippen molar-refractivity contribution in [1.29, 1.82) is 0 Å². The molecule has 0 radical (unpaired) electrons. The van der Waals surface area contributed by atoms with Gasteiger partial charge in [-0.15, -0.1) is 0 Å². The van der Waals surface area contributed by atoms with Gasteiger partial charge in [-0.25, -0.2) is 0 Å². The molecule has 16 heavy (non-hydrogen) atoms. The number of aryl methyl sites for hydroxylation is 1. The van der Waals surface area contributed by atoms with Crippen LogP contribution < -0.4 is 0 Å². The molecule has 0 unspecified atom stereocenters. The monoisotopic (exact) mass is 225 g/mol. The summed E-state index contributed by atoms with van der Waals surface area (Å²) in [6, 6.07) is 3.83. The van der Waals surface area contributed by atoms with Crippen LogP contribution in [0.2, 0.25) is 0 Å². The highest BCUT2D eigenvalue weighted by Gasteiger charge is 2.27. The summed E-state index contributed by atoms with van der Waals surface area (Å²) in [7, 11) is 1.90. The average molecular weight is 225 g/mol. The van der Waals surface area contributed by atoms with E-state index in [0.717, 1.165) is 11.5 Å². The Morgan fingerprint density at radius 3 is 2.56 bits per heavy atom. The van der Waals surface area contributed by atoms with Gasteiger partial charge in [-0.1, -0.05) is 0 Å². The summed E-state index contributed by atoms with van der Waals surface area (Å²) in [6.07, 6.45) is 0.114. The minimum atomic E-state index is -0.785. The molecule has 0 bridgehead atoms. The van der Waals surface area contributed by atoms with E-state index < -0.39 is 5.97 Å². The van der Waals surface area contributed by atoms with E-state index in [1.165, 1.54) is 0 Å². The first kappa shape index (κ1) is 12.8. The van der Waals surface area contributed by atoms with Crippen LogP contribution in [0.5, 0.6) is 0 Å². The average Bonchev–Trinajstić information content (AvgIpc) is 2.48. The van der Waals surface area contributed by atoms with Crippen LogP contribution in [0.15, 0.2) is 16.5 Å². The number of rotatable bonds is 5. The van der Waals surface area contributed by atoms with Crippen LogP contribution in [0.1, 0.15) is 31.8 Å². The molecule has 0 spiro atoms. The fraction of sp³-hybridized carbons (Fsp3) is 0.583. The lowest BCUT2D eigenvalue weighted by Crippen LogP contribution is -2.42. The maximum absolute atomic E-state index is 10.7. The van der Waals surface area contributed by atoms with Gasteiger partial charge in [-0.05, 0) is 40.0 Å². The molecule has 4 heteroatoms. The molecule has 4 nitrogen and oxygen atoms in total. The Labute approximate surface area is 95.9 Å². The third kappa shape index (κ3) is 3.38. The lowest BCUT2D eigenvalue weighted by Gasteiger charge is -2.33. The molecule has 0 saturated carbocycles. The lowest BCUT2D eigenvalue weighted by molar-refractivity contribution is -0.139. The van der Waals surface area contributed by atoms with Crippen LogP contribution in [-0.2, 0) is 11.3 Å². The summed E-state index contributed by atoms with van der Waals surface area (Å²) >= 11 is 0. The summed E-state index contributed by atoms with van der Waals surface area (Å²) < 4.78 is 5.47. The molecule has 0 aromatic carbocycles. The summed E-state index contributed by atoms with van der Waals surface area (Å²) in [4.78, 5) is 12.7. The number of carboxylic acid groups (broad SMARTS) is 1. The largest absolute Gasteiger partial charge is 0.481 e. The Morgan fingerprint density at radius 1 is 1.50 bits per heavy atom. The summed E-state index contributed by atoms with van der Waals surface area (Å²) in [5.74, 6) is 0.949. The van der Waals surface area contributed by atoms with Crippen LogP contribution in [0, 0.1) is 6.92 Å². The Balaban J connectivity index is 2.63. The summed E-state index contributed by atoms with van der Waals surface area (Å²) in [6.45, 7) is 6.34. The molecular weight excluding hydrogens is 206 g/mol. The van der Waals surface area contributed by atoms with E-state index in [2.05, 4.69) is 0 Å². The highest BCUT2D eigenvalue weighted by molar-refractivity contribution is 5.68. The zero-order valence-electron chi connectivity index (χ0n) is 10.3. The first-order valence-electron chi connectivity index (χ1n) is 5.29. The molecule has 0 aliphatic heterocycles. The number of hydrogen-bond donors (Lipinski definition) is 1. The molecule has 1 heterocycles. The third-order valence-electron chi connectivity index (χ3n) is 2.81. The van der Waals surface area contributed by atoms with Crippen molar-refractivity contribution in [3.63, 3.8) is 0 Å². The fourth-order valence-corrected chi connectivity index (χ4v) is 1.52. The minimum Gasteiger partial charge on any atom is -0.481 e. The molecule has 1 rings (SSSR count). The maximum Gasteiger partial charge on any atom is 0.305 e. The van der Waals surface area contributed by atoms with Crippen molar-refractivity contribution in [2.75, 3.05) is 7.05 Å². The summed E-state index contributed by atoms with van der Waals surface area (Å²) in [5, 5.41) is 8.82. The van der Waals surface area contributed by atoms with Crippen molar-refractivity contribution >= 4 is 5.97 Å². The van der Waals surface area contributed by atoms with Crippen molar-refractivity contribution in [2.45, 2.75) is 39.3 Å². The normalized spacial score (nSPS) is 12.1. The molecule has 0 aliphatic rings. The fourth-order valence-electron chi connectivity index (χ4n) is 1.52. The van der Waals surface area contributed by atoms with Gasteiger partial charge in [-0.2, -0.15) is 0 Å². The Morgan fingerprint density at radius 2 is 2.12 bits per heavy atom. The Bertz CT molecular complexity index is 368. The predicted molar refractivity (Wildman–Crippen MR) is 61.2 cm³/mol. The standard InChI is InChI=1S/C12H19NO3/c1-9-5-6-10(16-9)8-13(4)12(2,3)7-11(14)15/h5-6H,7-8H2,1-4H3,(H,14,15). The van der Waals surface area contributed by atoms with Gasteiger partial charge in [0.1, 0.15) is 11.5 Å². The van der Waals surface area contributed by atoms with Crippen molar-refractivity contribution < 1.29 is 14.3 Å². The van der Waals surface area contributed by atoms with Gasteiger partial charge < -0.3 is 9.52 Å². The number of hydrogen-bond acceptors (Lipinski definition) is 3. The molecule has 90 valence electrons. The van der Waals surface area contributed by atoms with E-state index in [0.29, 0.717) is 6.54 Å². The molecule has 0 atom stereocenters. The second kappa shape index (κ2) is 4.70. The molecule has 0 amide bonds. The molecule has 1 aromatic rings. The smallest absolute Gasteiger partial charge is 0.305 e. The molecule has 0 saturated heterocycles. The van der Waals surface area contributed by atoms with Gasteiger partial charge in [-0.3, -0.25) is 9.69 Å². The van der Waals surface area contributed by atoms with Crippen LogP contribution >= 0.6 is 0 Å². The maximum atomic E-state index is 10.7. The van der Waals surface area contributed by atoms with Crippen molar-refractivity contribution in [3.05, 3.63) is 23.7 Å². The van der Waals surface area contributed by atoms with E-state index in [1.54, 1.807) is 0 Å². The van der Waals surface area contributed by atoms with Crippen LogP contribution in [0.25, 0.3) is 0 Å². The second-order valence-electron chi connectivity index (χ2n) is 4.75.